The molecule has 0 bridgehead atoms. The molecule has 2 aromatic carbocycles. The van der Waals surface area contributed by atoms with Gasteiger partial charge in [0, 0.05) is 21.5 Å². The molecule has 0 aliphatic carbocycles. The second-order valence-corrected chi connectivity index (χ2v) is 6.21. The van der Waals surface area contributed by atoms with Crippen LogP contribution in [0.25, 0.3) is 0 Å². The summed E-state index contributed by atoms with van der Waals surface area (Å²) in [6, 6.07) is 12.3. The average Bonchev–Trinajstić information content (AvgIpc) is 2.87. The number of halogens is 2. The number of rotatable bonds is 3. The Morgan fingerprint density at radius 3 is 2.90 bits per heavy atom. The highest BCUT2D eigenvalue weighted by Crippen LogP contribution is 2.38. The molecule has 1 aliphatic heterocycles. The van der Waals surface area contributed by atoms with Gasteiger partial charge in [0.05, 0.1) is 12.6 Å². The van der Waals surface area contributed by atoms with Crippen LogP contribution in [0.5, 0.6) is 5.75 Å². The van der Waals surface area contributed by atoms with Gasteiger partial charge in [-0.3, -0.25) is 0 Å². The lowest BCUT2D eigenvalue weighted by molar-refractivity contribution is 0.351. The molecule has 2 aromatic rings. The van der Waals surface area contributed by atoms with Crippen LogP contribution in [0.1, 0.15) is 22.7 Å². The number of benzene rings is 2. The second kappa shape index (κ2) is 5.76. The first kappa shape index (κ1) is 13.9. The number of ether oxygens (including phenoxy) is 1. The van der Waals surface area contributed by atoms with Crippen LogP contribution < -0.4 is 10.1 Å². The van der Waals surface area contributed by atoms with Crippen LogP contribution in [0.3, 0.4) is 0 Å². The van der Waals surface area contributed by atoms with Crippen LogP contribution in [0, 0.1) is 0 Å². The van der Waals surface area contributed by atoms with E-state index in [0.29, 0.717) is 0 Å². The van der Waals surface area contributed by atoms with Gasteiger partial charge < -0.3 is 10.1 Å². The van der Waals surface area contributed by atoms with Crippen LogP contribution in [-0.2, 0) is 6.42 Å². The second-order valence-electron chi connectivity index (χ2n) is 4.86. The normalized spacial score (nSPS) is 14.8. The molecular formula is C16H15BrClNO. The van der Waals surface area contributed by atoms with E-state index >= 15 is 0 Å². The molecule has 0 saturated carbocycles. The minimum Gasteiger partial charge on any atom is -0.493 e. The van der Waals surface area contributed by atoms with E-state index in [-0.39, 0.29) is 6.04 Å². The van der Waals surface area contributed by atoms with Crippen LogP contribution in [0.4, 0.5) is 0 Å². The molecule has 1 N–H and O–H groups in total. The molecule has 4 heteroatoms. The van der Waals surface area contributed by atoms with E-state index in [4.69, 9.17) is 16.3 Å². The van der Waals surface area contributed by atoms with Crippen molar-refractivity contribution < 1.29 is 4.74 Å². The molecule has 20 heavy (non-hydrogen) atoms. The van der Waals surface area contributed by atoms with Gasteiger partial charge in [0.25, 0.3) is 0 Å². The van der Waals surface area contributed by atoms with E-state index in [0.717, 1.165) is 39.4 Å². The summed E-state index contributed by atoms with van der Waals surface area (Å²) >= 11 is 9.70. The van der Waals surface area contributed by atoms with E-state index in [2.05, 4.69) is 39.4 Å². The SMILES string of the molecule is CNC(c1cccc(Cl)c1)c1cc(Br)cc2c1OCC2. The summed E-state index contributed by atoms with van der Waals surface area (Å²) in [7, 11) is 1.95. The first-order valence-electron chi connectivity index (χ1n) is 6.57. The Morgan fingerprint density at radius 2 is 2.15 bits per heavy atom. The predicted molar refractivity (Wildman–Crippen MR) is 85.7 cm³/mol. The summed E-state index contributed by atoms with van der Waals surface area (Å²) in [5.74, 6) is 1.01. The summed E-state index contributed by atoms with van der Waals surface area (Å²) in [5, 5.41) is 4.10. The molecule has 1 aliphatic rings. The Morgan fingerprint density at radius 1 is 1.30 bits per heavy atom. The number of nitrogens with one attached hydrogen (secondary N) is 1. The number of hydrogen-bond donors (Lipinski definition) is 1. The standard InChI is InChI=1S/C16H15BrClNO/c1-19-15(10-3-2-4-13(18)8-10)14-9-12(17)7-11-5-6-20-16(11)14/h2-4,7-9,15,19H,5-6H2,1H3. The van der Waals surface area contributed by atoms with Crippen molar-refractivity contribution >= 4 is 27.5 Å². The lowest BCUT2D eigenvalue weighted by Crippen LogP contribution is -2.18. The van der Waals surface area contributed by atoms with E-state index in [1.807, 2.05) is 25.2 Å². The van der Waals surface area contributed by atoms with Gasteiger partial charge in [-0.05, 0) is 42.4 Å². The zero-order chi connectivity index (χ0) is 14.1. The van der Waals surface area contributed by atoms with Crippen molar-refractivity contribution in [2.24, 2.45) is 0 Å². The van der Waals surface area contributed by atoms with Crippen LogP contribution in [-0.4, -0.2) is 13.7 Å². The molecule has 1 unspecified atom stereocenters. The lowest BCUT2D eigenvalue weighted by Gasteiger charge is -2.20. The summed E-state index contributed by atoms with van der Waals surface area (Å²) in [6.07, 6.45) is 0.966. The summed E-state index contributed by atoms with van der Waals surface area (Å²) in [6.45, 7) is 0.755. The molecule has 0 saturated heterocycles. The third-order valence-corrected chi connectivity index (χ3v) is 4.25. The lowest BCUT2D eigenvalue weighted by atomic mass is 9.96. The quantitative estimate of drug-likeness (QED) is 0.887. The average molecular weight is 353 g/mol. The third-order valence-electron chi connectivity index (χ3n) is 3.56. The monoisotopic (exact) mass is 351 g/mol. The Bertz CT molecular complexity index is 644. The highest BCUT2D eigenvalue weighted by molar-refractivity contribution is 9.10. The number of hydrogen-bond acceptors (Lipinski definition) is 2. The first-order chi connectivity index (χ1) is 9.69. The van der Waals surface area contributed by atoms with Gasteiger partial charge in [0.2, 0.25) is 0 Å². The Hall–Kier alpha value is -1.03. The van der Waals surface area contributed by atoms with E-state index < -0.39 is 0 Å². The van der Waals surface area contributed by atoms with Gasteiger partial charge in [-0.25, -0.2) is 0 Å². The van der Waals surface area contributed by atoms with Gasteiger partial charge in [-0.15, -0.1) is 0 Å². The van der Waals surface area contributed by atoms with Crippen molar-refractivity contribution in [1.82, 2.24) is 5.32 Å². The molecule has 2 nitrogen and oxygen atoms in total. The minimum absolute atomic E-state index is 0.0676. The van der Waals surface area contributed by atoms with Gasteiger partial charge in [0.15, 0.2) is 0 Å². The van der Waals surface area contributed by atoms with Crippen LogP contribution in [0.15, 0.2) is 40.9 Å². The van der Waals surface area contributed by atoms with Gasteiger partial charge in [-0.1, -0.05) is 39.7 Å². The fourth-order valence-corrected chi connectivity index (χ4v) is 3.42. The largest absolute Gasteiger partial charge is 0.493 e. The van der Waals surface area contributed by atoms with Crippen LogP contribution in [0.2, 0.25) is 5.02 Å². The van der Waals surface area contributed by atoms with Crippen LogP contribution >= 0.6 is 27.5 Å². The Balaban J connectivity index is 2.10. The van der Waals surface area contributed by atoms with E-state index in [1.54, 1.807) is 0 Å². The highest BCUT2D eigenvalue weighted by atomic mass is 79.9. The van der Waals surface area contributed by atoms with Crippen molar-refractivity contribution in [1.29, 1.82) is 0 Å². The molecular weight excluding hydrogens is 338 g/mol. The maximum absolute atomic E-state index is 6.11. The molecule has 0 radical (unpaired) electrons. The Kier molecular flexibility index (Phi) is 4.01. The topological polar surface area (TPSA) is 21.3 Å². The maximum atomic E-state index is 6.11. The molecule has 0 spiro atoms. The molecule has 0 aromatic heterocycles. The fraction of sp³-hybridized carbons (Fsp3) is 0.250. The van der Waals surface area contributed by atoms with Crippen molar-refractivity contribution in [3.8, 4) is 5.75 Å². The molecule has 0 amide bonds. The highest BCUT2D eigenvalue weighted by Gasteiger charge is 2.23. The summed E-state index contributed by atoms with van der Waals surface area (Å²) < 4.78 is 6.91. The molecule has 104 valence electrons. The zero-order valence-corrected chi connectivity index (χ0v) is 13.5. The fourth-order valence-electron chi connectivity index (χ4n) is 2.70. The molecule has 1 atom stereocenters. The number of fused-ring (bicyclic) bond motifs is 1. The Labute approximate surface area is 132 Å². The van der Waals surface area contributed by atoms with Gasteiger partial charge in [-0.2, -0.15) is 0 Å². The summed E-state index contributed by atoms with van der Waals surface area (Å²) in [4.78, 5) is 0. The van der Waals surface area contributed by atoms with Gasteiger partial charge in [0.1, 0.15) is 5.75 Å². The molecule has 3 rings (SSSR count). The third kappa shape index (κ3) is 2.58. The first-order valence-corrected chi connectivity index (χ1v) is 7.74. The predicted octanol–water partition coefficient (Wildman–Crippen LogP) is 4.35. The summed E-state index contributed by atoms with van der Waals surface area (Å²) in [5.41, 5.74) is 3.55. The molecule has 1 heterocycles. The van der Waals surface area contributed by atoms with E-state index in [1.165, 1.54) is 5.56 Å². The van der Waals surface area contributed by atoms with Crippen molar-refractivity contribution in [3.05, 3.63) is 62.6 Å². The maximum Gasteiger partial charge on any atom is 0.127 e. The van der Waals surface area contributed by atoms with Crippen molar-refractivity contribution in [2.45, 2.75) is 12.5 Å². The van der Waals surface area contributed by atoms with Crippen molar-refractivity contribution in [2.75, 3.05) is 13.7 Å². The molecule has 0 fully saturated rings. The van der Waals surface area contributed by atoms with E-state index in [9.17, 15) is 0 Å². The van der Waals surface area contributed by atoms with Crippen molar-refractivity contribution in [3.63, 3.8) is 0 Å². The zero-order valence-electron chi connectivity index (χ0n) is 11.1. The smallest absolute Gasteiger partial charge is 0.127 e. The van der Waals surface area contributed by atoms with Gasteiger partial charge >= 0.3 is 0 Å². The minimum atomic E-state index is 0.0676.